The van der Waals surface area contributed by atoms with Crippen LogP contribution in [-0.2, 0) is 16.0 Å². The van der Waals surface area contributed by atoms with E-state index < -0.39 is 0 Å². The van der Waals surface area contributed by atoms with Gasteiger partial charge in [0.05, 0.1) is 5.75 Å². The van der Waals surface area contributed by atoms with Crippen molar-refractivity contribution in [3.63, 3.8) is 0 Å². The van der Waals surface area contributed by atoms with Crippen LogP contribution in [0, 0.1) is 5.92 Å². The maximum Gasteiger partial charge on any atom is 0.234 e. The average molecular weight is 440 g/mol. The lowest BCUT2D eigenvalue weighted by Gasteiger charge is -2.31. The van der Waals surface area contributed by atoms with Gasteiger partial charge in [0.15, 0.2) is 5.82 Å². The molecule has 2 N–H and O–H groups in total. The van der Waals surface area contributed by atoms with Crippen LogP contribution in [0.4, 0.5) is 11.5 Å². The van der Waals surface area contributed by atoms with Gasteiger partial charge in [0.1, 0.15) is 5.03 Å². The molecule has 0 spiro atoms. The van der Waals surface area contributed by atoms with Crippen LogP contribution in [0.25, 0.3) is 0 Å². The summed E-state index contributed by atoms with van der Waals surface area (Å²) in [4.78, 5) is 26.6. The minimum atomic E-state index is -0.0596. The van der Waals surface area contributed by atoms with Gasteiger partial charge < -0.3 is 15.5 Å². The number of carbonyl (C=O) groups is 2. The second kappa shape index (κ2) is 10.1. The molecular weight excluding hydrogens is 410 g/mol. The number of hydrogen-bond donors (Lipinski definition) is 2. The molecule has 1 aliphatic heterocycles. The summed E-state index contributed by atoms with van der Waals surface area (Å²) in [6, 6.07) is 12.2. The van der Waals surface area contributed by atoms with Crippen molar-refractivity contribution in [2.75, 3.05) is 29.1 Å². The highest BCUT2D eigenvalue weighted by atomic mass is 32.2. The fraction of sp³-hybridized carbons (Fsp3) is 0.478. The first kappa shape index (κ1) is 21.6. The van der Waals surface area contributed by atoms with Crippen molar-refractivity contribution in [1.82, 2.24) is 15.5 Å². The first-order valence-corrected chi connectivity index (χ1v) is 12.0. The van der Waals surface area contributed by atoms with Crippen molar-refractivity contribution in [2.45, 2.75) is 50.1 Å². The third-order valence-corrected chi connectivity index (χ3v) is 6.63. The smallest absolute Gasteiger partial charge is 0.234 e. The molecule has 1 saturated carbocycles. The van der Waals surface area contributed by atoms with Crippen molar-refractivity contribution in [2.24, 2.45) is 5.92 Å². The van der Waals surface area contributed by atoms with Crippen LogP contribution in [0.1, 0.15) is 38.2 Å². The number of aryl methyl sites for hydroxylation is 1. The first-order chi connectivity index (χ1) is 15.1. The number of aromatic nitrogens is 2. The highest BCUT2D eigenvalue weighted by Crippen LogP contribution is 2.25. The van der Waals surface area contributed by atoms with Gasteiger partial charge in [-0.05, 0) is 61.9 Å². The summed E-state index contributed by atoms with van der Waals surface area (Å²) in [7, 11) is 0. The SMILES string of the molecule is CCc1cccc(NC(=O)CSc2ccc(N3CCC(C(=O)NC4CC4)CC3)nn2)c1. The van der Waals surface area contributed by atoms with Crippen molar-refractivity contribution in [3.8, 4) is 0 Å². The second-order valence-electron chi connectivity index (χ2n) is 8.16. The van der Waals surface area contributed by atoms with Gasteiger partial charge in [-0.25, -0.2) is 0 Å². The zero-order valence-corrected chi connectivity index (χ0v) is 18.7. The summed E-state index contributed by atoms with van der Waals surface area (Å²) < 4.78 is 0. The van der Waals surface area contributed by atoms with E-state index in [0.29, 0.717) is 6.04 Å². The molecule has 4 rings (SSSR count). The fourth-order valence-electron chi connectivity index (χ4n) is 3.68. The van der Waals surface area contributed by atoms with Gasteiger partial charge in [-0.15, -0.1) is 10.2 Å². The molecule has 1 aliphatic carbocycles. The Labute approximate surface area is 187 Å². The highest BCUT2D eigenvalue weighted by molar-refractivity contribution is 7.99. The van der Waals surface area contributed by atoms with Crippen LogP contribution in [0.5, 0.6) is 0 Å². The number of piperidine rings is 1. The summed E-state index contributed by atoms with van der Waals surface area (Å²) in [5.41, 5.74) is 2.01. The molecule has 0 radical (unpaired) electrons. The van der Waals surface area contributed by atoms with Gasteiger partial charge in [0, 0.05) is 30.7 Å². The molecule has 0 atom stereocenters. The van der Waals surface area contributed by atoms with E-state index in [1.54, 1.807) is 0 Å². The molecule has 0 unspecified atom stereocenters. The Balaban J connectivity index is 1.22. The molecule has 2 amide bonds. The van der Waals surface area contributed by atoms with Crippen LogP contribution in [-0.4, -0.2) is 46.9 Å². The Kier molecular flexibility index (Phi) is 7.06. The highest BCUT2D eigenvalue weighted by Gasteiger charge is 2.30. The van der Waals surface area contributed by atoms with Gasteiger partial charge in [0.2, 0.25) is 11.8 Å². The lowest BCUT2D eigenvalue weighted by molar-refractivity contribution is -0.125. The van der Waals surface area contributed by atoms with Crippen LogP contribution < -0.4 is 15.5 Å². The number of carbonyl (C=O) groups excluding carboxylic acids is 2. The lowest BCUT2D eigenvalue weighted by atomic mass is 9.96. The summed E-state index contributed by atoms with van der Waals surface area (Å²) >= 11 is 1.37. The van der Waals surface area contributed by atoms with Crippen molar-refractivity contribution >= 4 is 35.1 Å². The van der Waals surface area contributed by atoms with Gasteiger partial charge >= 0.3 is 0 Å². The molecule has 0 bridgehead atoms. The van der Waals surface area contributed by atoms with E-state index in [-0.39, 0.29) is 23.5 Å². The normalized spacial score (nSPS) is 16.7. The molecule has 1 aromatic carbocycles. The van der Waals surface area contributed by atoms with Crippen LogP contribution in [0.15, 0.2) is 41.4 Å². The molecule has 7 nitrogen and oxygen atoms in total. The molecule has 31 heavy (non-hydrogen) atoms. The van der Waals surface area contributed by atoms with E-state index in [4.69, 9.17) is 0 Å². The van der Waals surface area contributed by atoms with E-state index in [0.717, 1.165) is 61.7 Å². The Morgan fingerprint density at radius 1 is 1.10 bits per heavy atom. The van der Waals surface area contributed by atoms with Crippen LogP contribution >= 0.6 is 11.8 Å². The zero-order chi connectivity index (χ0) is 21.6. The summed E-state index contributed by atoms with van der Waals surface area (Å²) in [6.07, 6.45) is 4.87. The van der Waals surface area contributed by atoms with Gasteiger partial charge in [-0.2, -0.15) is 0 Å². The minimum Gasteiger partial charge on any atom is -0.355 e. The maximum absolute atomic E-state index is 12.2. The molecule has 164 valence electrons. The molecule has 8 heteroatoms. The van der Waals surface area contributed by atoms with Crippen molar-refractivity contribution < 1.29 is 9.59 Å². The van der Waals surface area contributed by atoms with E-state index in [2.05, 4.69) is 32.7 Å². The lowest BCUT2D eigenvalue weighted by Crippen LogP contribution is -2.41. The van der Waals surface area contributed by atoms with E-state index in [1.807, 2.05) is 36.4 Å². The Hall–Kier alpha value is -2.61. The predicted octanol–water partition coefficient (Wildman–Crippen LogP) is 3.26. The molecule has 2 aromatic rings. The number of hydrogen-bond acceptors (Lipinski definition) is 6. The molecule has 2 heterocycles. The first-order valence-electron chi connectivity index (χ1n) is 11.0. The monoisotopic (exact) mass is 439 g/mol. The third-order valence-electron chi connectivity index (χ3n) is 5.71. The van der Waals surface area contributed by atoms with Gasteiger partial charge in [0.25, 0.3) is 0 Å². The Morgan fingerprint density at radius 2 is 1.90 bits per heavy atom. The van der Waals surface area contributed by atoms with E-state index in [1.165, 1.54) is 17.3 Å². The fourth-order valence-corrected chi connectivity index (χ4v) is 4.30. The van der Waals surface area contributed by atoms with Crippen molar-refractivity contribution in [3.05, 3.63) is 42.0 Å². The number of rotatable bonds is 8. The number of anilines is 2. The third kappa shape index (κ3) is 6.19. The Bertz CT molecular complexity index is 908. The summed E-state index contributed by atoms with van der Waals surface area (Å²) in [5.74, 6) is 1.36. The summed E-state index contributed by atoms with van der Waals surface area (Å²) in [6.45, 7) is 3.71. The molecule has 2 aliphatic rings. The number of nitrogens with one attached hydrogen (secondary N) is 2. The number of thioether (sulfide) groups is 1. The quantitative estimate of drug-likeness (QED) is 0.614. The van der Waals surface area contributed by atoms with Crippen LogP contribution in [0.3, 0.4) is 0 Å². The van der Waals surface area contributed by atoms with Crippen molar-refractivity contribution in [1.29, 1.82) is 0 Å². The molecule has 2 fully saturated rings. The van der Waals surface area contributed by atoms with Gasteiger partial charge in [-0.3, -0.25) is 9.59 Å². The largest absolute Gasteiger partial charge is 0.355 e. The average Bonchev–Trinajstić information content (AvgIpc) is 3.62. The second-order valence-corrected chi connectivity index (χ2v) is 9.16. The van der Waals surface area contributed by atoms with E-state index >= 15 is 0 Å². The van der Waals surface area contributed by atoms with Crippen LogP contribution in [0.2, 0.25) is 0 Å². The molecule has 1 aromatic heterocycles. The minimum absolute atomic E-state index is 0.0596. The molecule has 1 saturated heterocycles. The van der Waals surface area contributed by atoms with Gasteiger partial charge in [-0.1, -0.05) is 30.8 Å². The number of amides is 2. The number of benzene rings is 1. The Morgan fingerprint density at radius 3 is 2.58 bits per heavy atom. The topological polar surface area (TPSA) is 87.2 Å². The molecular formula is C23H29N5O2S. The predicted molar refractivity (Wildman–Crippen MR) is 123 cm³/mol. The van der Waals surface area contributed by atoms with E-state index in [9.17, 15) is 9.59 Å². The summed E-state index contributed by atoms with van der Waals surface area (Å²) in [5, 5.41) is 15.4. The maximum atomic E-state index is 12.2. The standard InChI is InChI=1S/C23H29N5O2S/c1-2-16-4-3-5-19(14-16)24-21(29)15-31-22-9-8-20(26-27-22)28-12-10-17(11-13-28)23(30)25-18-6-7-18/h3-5,8-9,14,17-18H,2,6-7,10-13,15H2,1H3,(H,24,29)(H,25,30). The number of nitrogens with zero attached hydrogens (tertiary/aromatic N) is 3. The zero-order valence-electron chi connectivity index (χ0n) is 17.8.